The molecule has 0 fully saturated rings. The van der Waals surface area contributed by atoms with E-state index in [-0.39, 0.29) is 11.2 Å². The maximum absolute atomic E-state index is 12.6. The highest BCUT2D eigenvalue weighted by Gasteiger charge is 2.20. The van der Waals surface area contributed by atoms with Crippen LogP contribution in [0.25, 0.3) is 22.6 Å². The molecule has 0 bridgehead atoms. The molecule has 4 aromatic rings. The lowest BCUT2D eigenvalue weighted by Crippen LogP contribution is -2.37. The van der Waals surface area contributed by atoms with E-state index >= 15 is 0 Å². The summed E-state index contributed by atoms with van der Waals surface area (Å²) in [6, 6.07) is 6.23. The number of imidazole rings is 2. The molecule has 0 amide bonds. The Morgan fingerprint density at radius 1 is 1.00 bits per heavy atom. The number of hydrogen-bond acceptors (Lipinski definition) is 3. The first kappa shape index (κ1) is 15.4. The highest BCUT2D eigenvalue weighted by atomic mass is 16.2. The van der Waals surface area contributed by atoms with Crippen LogP contribution in [0.1, 0.15) is 16.8 Å². The van der Waals surface area contributed by atoms with E-state index < -0.39 is 0 Å². The lowest BCUT2D eigenvalue weighted by Gasteiger charge is -2.10. The molecule has 0 atom stereocenters. The second-order valence-electron chi connectivity index (χ2n) is 6.56. The summed E-state index contributed by atoms with van der Waals surface area (Å²) < 4.78 is 6.31. The van der Waals surface area contributed by atoms with Crippen molar-refractivity contribution >= 4 is 16.9 Å². The Labute approximate surface area is 143 Å². The molecule has 128 valence electrons. The zero-order chi connectivity index (χ0) is 18.0. The largest absolute Gasteiger partial charge is 0.332 e. The van der Waals surface area contributed by atoms with Gasteiger partial charge >= 0.3 is 5.69 Å². The third kappa shape index (κ3) is 1.95. The molecule has 0 saturated heterocycles. The van der Waals surface area contributed by atoms with E-state index in [1.165, 1.54) is 11.6 Å². The van der Waals surface area contributed by atoms with E-state index in [0.717, 1.165) is 27.1 Å². The van der Waals surface area contributed by atoms with E-state index in [9.17, 15) is 9.59 Å². The van der Waals surface area contributed by atoms with Crippen LogP contribution in [0.2, 0.25) is 0 Å². The molecule has 0 spiro atoms. The zero-order valence-corrected chi connectivity index (χ0v) is 14.9. The molecule has 0 saturated carbocycles. The minimum absolute atomic E-state index is 0.344. The standard InChI is InChI=1S/C18H19N5O2/c1-10-6-7-11(2)13(8-10)23-12(3)9-22-14-15(19-17(22)23)20(4)18(25)21(5)16(14)24/h6-9H,1-5H3. The Morgan fingerprint density at radius 3 is 2.44 bits per heavy atom. The Morgan fingerprint density at radius 2 is 1.72 bits per heavy atom. The summed E-state index contributed by atoms with van der Waals surface area (Å²) in [7, 11) is 3.11. The van der Waals surface area contributed by atoms with Crippen molar-refractivity contribution in [2.45, 2.75) is 20.8 Å². The fourth-order valence-corrected chi connectivity index (χ4v) is 3.34. The van der Waals surface area contributed by atoms with Crippen molar-refractivity contribution in [3.8, 4) is 5.69 Å². The smallest absolute Gasteiger partial charge is 0.283 e. The number of fused-ring (bicyclic) bond motifs is 3. The van der Waals surface area contributed by atoms with Gasteiger partial charge in [-0.3, -0.25) is 22.9 Å². The molecular formula is C18H19N5O2. The van der Waals surface area contributed by atoms with E-state index in [1.807, 2.05) is 31.5 Å². The van der Waals surface area contributed by atoms with Gasteiger partial charge in [-0.15, -0.1) is 0 Å². The predicted octanol–water partition coefficient (Wildman–Crippen LogP) is 1.60. The molecular weight excluding hydrogens is 318 g/mol. The number of hydrogen-bond donors (Lipinski definition) is 0. The number of rotatable bonds is 1. The summed E-state index contributed by atoms with van der Waals surface area (Å²) in [6.45, 7) is 6.07. The summed E-state index contributed by atoms with van der Waals surface area (Å²) in [5.74, 6) is 0.625. The van der Waals surface area contributed by atoms with Gasteiger partial charge in [-0.2, -0.15) is 4.98 Å². The van der Waals surface area contributed by atoms with Gasteiger partial charge in [0, 0.05) is 26.0 Å². The summed E-state index contributed by atoms with van der Waals surface area (Å²) in [5.41, 5.74) is 4.32. The van der Waals surface area contributed by atoms with Crippen molar-refractivity contribution in [3.63, 3.8) is 0 Å². The monoisotopic (exact) mass is 337 g/mol. The summed E-state index contributed by atoms with van der Waals surface area (Å²) in [6.07, 6.45) is 1.89. The van der Waals surface area contributed by atoms with Crippen LogP contribution >= 0.6 is 0 Å². The molecule has 0 aliphatic rings. The van der Waals surface area contributed by atoms with Crippen LogP contribution in [-0.2, 0) is 14.1 Å². The van der Waals surface area contributed by atoms with Crippen LogP contribution in [0, 0.1) is 20.8 Å². The lowest BCUT2D eigenvalue weighted by molar-refractivity contribution is 0.708. The molecule has 1 aromatic carbocycles. The van der Waals surface area contributed by atoms with Crippen LogP contribution in [0.15, 0.2) is 34.0 Å². The minimum atomic E-state index is -0.381. The van der Waals surface area contributed by atoms with Gasteiger partial charge in [-0.05, 0) is 38.0 Å². The Balaban J connectivity index is 2.22. The van der Waals surface area contributed by atoms with E-state index in [2.05, 4.69) is 23.2 Å². The maximum Gasteiger partial charge on any atom is 0.332 e. The second-order valence-corrected chi connectivity index (χ2v) is 6.56. The van der Waals surface area contributed by atoms with Crippen molar-refractivity contribution in [1.29, 1.82) is 0 Å². The molecule has 3 aromatic heterocycles. The Hall–Kier alpha value is -3.09. The van der Waals surface area contributed by atoms with E-state index in [4.69, 9.17) is 0 Å². The first-order valence-corrected chi connectivity index (χ1v) is 8.05. The summed E-state index contributed by atoms with van der Waals surface area (Å²) >= 11 is 0. The van der Waals surface area contributed by atoms with Crippen molar-refractivity contribution in [1.82, 2.24) is 23.1 Å². The molecule has 0 N–H and O–H groups in total. The van der Waals surface area contributed by atoms with Crippen LogP contribution in [0.4, 0.5) is 0 Å². The van der Waals surface area contributed by atoms with Crippen LogP contribution in [0.3, 0.4) is 0 Å². The van der Waals surface area contributed by atoms with Crippen molar-refractivity contribution < 1.29 is 0 Å². The quantitative estimate of drug-likeness (QED) is 0.530. The average molecular weight is 337 g/mol. The van der Waals surface area contributed by atoms with Crippen molar-refractivity contribution in [3.05, 3.63) is 62.1 Å². The van der Waals surface area contributed by atoms with Gasteiger partial charge in [0.2, 0.25) is 5.78 Å². The summed E-state index contributed by atoms with van der Waals surface area (Å²) in [5, 5.41) is 0. The highest BCUT2D eigenvalue weighted by molar-refractivity contribution is 5.76. The molecule has 0 radical (unpaired) electrons. The second kappa shape index (κ2) is 4.95. The molecule has 25 heavy (non-hydrogen) atoms. The molecule has 7 heteroatoms. The molecule has 0 aliphatic carbocycles. The maximum atomic E-state index is 12.6. The van der Waals surface area contributed by atoms with E-state index in [1.54, 1.807) is 11.4 Å². The van der Waals surface area contributed by atoms with Gasteiger partial charge in [0.1, 0.15) is 0 Å². The normalized spacial score (nSPS) is 11.7. The summed E-state index contributed by atoms with van der Waals surface area (Å²) in [4.78, 5) is 29.4. The zero-order valence-electron chi connectivity index (χ0n) is 14.9. The van der Waals surface area contributed by atoms with Gasteiger partial charge in [-0.1, -0.05) is 12.1 Å². The van der Waals surface area contributed by atoms with Crippen LogP contribution in [-0.4, -0.2) is 23.1 Å². The molecule has 3 heterocycles. The first-order chi connectivity index (χ1) is 11.8. The average Bonchev–Trinajstić information content (AvgIpc) is 3.08. The number of nitrogens with zero attached hydrogens (tertiary/aromatic N) is 5. The number of aromatic nitrogens is 5. The van der Waals surface area contributed by atoms with Crippen LogP contribution in [0.5, 0.6) is 0 Å². The third-order valence-electron chi connectivity index (χ3n) is 4.75. The van der Waals surface area contributed by atoms with Crippen LogP contribution < -0.4 is 11.2 Å². The molecule has 0 aliphatic heterocycles. The molecule has 4 rings (SSSR count). The Kier molecular flexibility index (Phi) is 3.06. The highest BCUT2D eigenvalue weighted by Crippen LogP contribution is 2.23. The van der Waals surface area contributed by atoms with Crippen molar-refractivity contribution in [2.75, 3.05) is 0 Å². The lowest BCUT2D eigenvalue weighted by atomic mass is 10.1. The topological polar surface area (TPSA) is 66.2 Å². The minimum Gasteiger partial charge on any atom is -0.283 e. The van der Waals surface area contributed by atoms with Crippen molar-refractivity contribution in [2.24, 2.45) is 14.1 Å². The van der Waals surface area contributed by atoms with Gasteiger partial charge in [0.15, 0.2) is 11.2 Å². The number of benzene rings is 1. The van der Waals surface area contributed by atoms with Gasteiger partial charge in [-0.25, -0.2) is 4.79 Å². The first-order valence-electron chi connectivity index (χ1n) is 8.05. The van der Waals surface area contributed by atoms with Gasteiger partial charge < -0.3 is 0 Å². The van der Waals surface area contributed by atoms with E-state index in [0.29, 0.717) is 16.9 Å². The fraction of sp³-hybridized carbons (Fsp3) is 0.278. The molecule has 0 unspecified atom stereocenters. The van der Waals surface area contributed by atoms with Gasteiger partial charge in [0.05, 0.1) is 5.69 Å². The predicted molar refractivity (Wildman–Crippen MR) is 96.7 cm³/mol. The molecule has 7 nitrogen and oxygen atoms in total. The third-order valence-corrected chi connectivity index (χ3v) is 4.75. The number of aryl methyl sites for hydroxylation is 4. The van der Waals surface area contributed by atoms with Gasteiger partial charge in [0.25, 0.3) is 5.56 Å². The SMILES string of the molecule is Cc1ccc(C)c(-n2c(C)cn3c4c(=O)n(C)c(=O)n(C)c4nc23)c1. The fourth-order valence-electron chi connectivity index (χ4n) is 3.34. The Bertz CT molecular complexity index is 1280.